The van der Waals surface area contributed by atoms with Crippen molar-refractivity contribution in [1.82, 2.24) is 0 Å². The number of Topliss-reactive ketones (excluding diaryl/α,β-unsaturated/α-hetero) is 1. The van der Waals surface area contributed by atoms with Crippen LogP contribution in [0, 0.1) is 6.92 Å². The van der Waals surface area contributed by atoms with E-state index in [1.807, 2.05) is 19.1 Å². The molecule has 0 amide bonds. The third kappa shape index (κ3) is 2.35. The minimum absolute atomic E-state index is 0.113. The molecule has 0 N–H and O–H groups in total. The van der Waals surface area contributed by atoms with E-state index < -0.39 is 0 Å². The van der Waals surface area contributed by atoms with Crippen LogP contribution >= 0.6 is 15.9 Å². The van der Waals surface area contributed by atoms with E-state index in [4.69, 9.17) is 4.74 Å². The number of hydrogen-bond acceptors (Lipinski definition) is 2. The second-order valence-corrected chi connectivity index (χ2v) is 3.81. The molecule has 0 aliphatic rings. The van der Waals surface area contributed by atoms with Gasteiger partial charge in [0.05, 0.1) is 12.7 Å². The van der Waals surface area contributed by atoms with Crippen LogP contribution < -0.4 is 4.74 Å². The fourth-order valence-corrected chi connectivity index (χ4v) is 1.72. The molecule has 2 nitrogen and oxygen atoms in total. The monoisotopic (exact) mass is 256 g/mol. The van der Waals surface area contributed by atoms with Crippen molar-refractivity contribution in [3.8, 4) is 5.75 Å². The first-order valence-electron chi connectivity index (χ1n) is 4.43. The Bertz CT molecular complexity index is 334. The summed E-state index contributed by atoms with van der Waals surface area (Å²) in [5.74, 6) is 0.806. The Kier molecular flexibility index (Phi) is 4.14. The average Bonchev–Trinajstić information content (AvgIpc) is 2.17. The minimum Gasteiger partial charge on any atom is -0.496 e. The summed E-state index contributed by atoms with van der Waals surface area (Å²) in [4.78, 5) is 11.7. The van der Waals surface area contributed by atoms with Crippen LogP contribution in [-0.2, 0) is 0 Å². The Morgan fingerprint density at radius 2 is 2.21 bits per heavy atom. The molecule has 0 heterocycles. The summed E-state index contributed by atoms with van der Waals surface area (Å²) < 4.78 is 5.21. The van der Waals surface area contributed by atoms with Crippen molar-refractivity contribution in [3.05, 3.63) is 29.3 Å². The van der Waals surface area contributed by atoms with Crippen LogP contribution in [0.4, 0.5) is 0 Å². The van der Waals surface area contributed by atoms with Gasteiger partial charge < -0.3 is 4.74 Å². The van der Waals surface area contributed by atoms with E-state index in [2.05, 4.69) is 15.9 Å². The van der Waals surface area contributed by atoms with E-state index in [1.165, 1.54) is 0 Å². The van der Waals surface area contributed by atoms with E-state index in [0.29, 0.717) is 23.1 Å². The quantitative estimate of drug-likeness (QED) is 0.612. The molecular weight excluding hydrogens is 244 g/mol. The molecule has 0 saturated carbocycles. The summed E-state index contributed by atoms with van der Waals surface area (Å²) in [6.45, 7) is 1.93. The SMILES string of the molecule is COc1c(C)cccc1C(=O)CCBr. The maximum absolute atomic E-state index is 11.7. The number of ether oxygens (including phenoxy) is 1. The molecule has 0 aliphatic heterocycles. The van der Waals surface area contributed by atoms with Gasteiger partial charge in [-0.15, -0.1) is 0 Å². The smallest absolute Gasteiger partial charge is 0.167 e. The van der Waals surface area contributed by atoms with Crippen LogP contribution in [0.25, 0.3) is 0 Å². The molecule has 0 aromatic heterocycles. The zero-order chi connectivity index (χ0) is 10.6. The lowest BCUT2D eigenvalue weighted by atomic mass is 10.0. The second-order valence-electron chi connectivity index (χ2n) is 3.02. The van der Waals surface area contributed by atoms with Gasteiger partial charge in [-0.25, -0.2) is 0 Å². The van der Waals surface area contributed by atoms with Crippen LogP contribution in [-0.4, -0.2) is 18.2 Å². The van der Waals surface area contributed by atoms with Crippen molar-refractivity contribution >= 4 is 21.7 Å². The van der Waals surface area contributed by atoms with Crippen LogP contribution in [0.2, 0.25) is 0 Å². The number of hydrogen-bond donors (Lipinski definition) is 0. The Balaban J connectivity index is 3.07. The molecule has 0 radical (unpaired) electrons. The van der Waals surface area contributed by atoms with Gasteiger partial charge in [-0.1, -0.05) is 28.1 Å². The van der Waals surface area contributed by atoms with E-state index in [-0.39, 0.29) is 5.78 Å². The summed E-state index contributed by atoms with van der Waals surface area (Å²) in [5.41, 5.74) is 1.67. The van der Waals surface area contributed by atoms with E-state index in [0.717, 1.165) is 5.56 Å². The van der Waals surface area contributed by atoms with Crippen molar-refractivity contribution in [3.63, 3.8) is 0 Å². The standard InChI is InChI=1S/C11H13BrO2/c1-8-4-3-5-9(11(8)14-2)10(13)6-7-12/h3-5H,6-7H2,1-2H3. The van der Waals surface area contributed by atoms with Crippen molar-refractivity contribution in [1.29, 1.82) is 0 Å². The molecule has 0 saturated heterocycles. The third-order valence-electron chi connectivity index (χ3n) is 2.04. The lowest BCUT2D eigenvalue weighted by Gasteiger charge is -2.09. The number of benzene rings is 1. The number of carbonyl (C=O) groups excluding carboxylic acids is 1. The van der Waals surface area contributed by atoms with Gasteiger partial charge in [0, 0.05) is 11.8 Å². The van der Waals surface area contributed by atoms with E-state index >= 15 is 0 Å². The normalized spacial score (nSPS) is 9.93. The minimum atomic E-state index is 0.113. The maximum Gasteiger partial charge on any atom is 0.167 e. The lowest BCUT2D eigenvalue weighted by Crippen LogP contribution is -2.03. The topological polar surface area (TPSA) is 26.3 Å². The summed E-state index contributed by atoms with van der Waals surface area (Å²) in [6.07, 6.45) is 0.500. The highest BCUT2D eigenvalue weighted by molar-refractivity contribution is 9.09. The molecule has 1 aromatic rings. The van der Waals surface area contributed by atoms with E-state index in [1.54, 1.807) is 13.2 Å². The van der Waals surface area contributed by atoms with Gasteiger partial charge in [-0.05, 0) is 18.6 Å². The third-order valence-corrected chi connectivity index (χ3v) is 2.43. The molecule has 0 unspecified atom stereocenters. The zero-order valence-electron chi connectivity index (χ0n) is 8.34. The summed E-state index contributed by atoms with van der Waals surface area (Å²) in [5, 5.41) is 0.683. The molecule has 0 bridgehead atoms. The Morgan fingerprint density at radius 3 is 2.79 bits per heavy atom. The number of aryl methyl sites for hydroxylation is 1. The number of methoxy groups -OCH3 is 1. The van der Waals surface area contributed by atoms with Gasteiger partial charge in [0.2, 0.25) is 0 Å². The summed E-state index contributed by atoms with van der Waals surface area (Å²) in [6, 6.07) is 5.61. The molecular formula is C11H13BrO2. The predicted molar refractivity (Wildman–Crippen MR) is 60.5 cm³/mol. The van der Waals surface area contributed by atoms with Gasteiger partial charge in [-0.2, -0.15) is 0 Å². The van der Waals surface area contributed by atoms with Gasteiger partial charge in [0.15, 0.2) is 5.78 Å². The largest absolute Gasteiger partial charge is 0.496 e. The molecule has 76 valence electrons. The van der Waals surface area contributed by atoms with Crippen LogP contribution in [0.5, 0.6) is 5.75 Å². The van der Waals surface area contributed by atoms with Crippen molar-refractivity contribution in [2.45, 2.75) is 13.3 Å². The second kappa shape index (κ2) is 5.15. The average molecular weight is 257 g/mol. The molecule has 3 heteroatoms. The van der Waals surface area contributed by atoms with Gasteiger partial charge in [-0.3, -0.25) is 4.79 Å². The predicted octanol–water partition coefficient (Wildman–Crippen LogP) is 2.97. The fourth-order valence-electron chi connectivity index (χ4n) is 1.36. The highest BCUT2D eigenvalue weighted by Gasteiger charge is 2.12. The maximum atomic E-state index is 11.7. The Morgan fingerprint density at radius 1 is 1.50 bits per heavy atom. The Labute approximate surface area is 92.4 Å². The van der Waals surface area contributed by atoms with E-state index in [9.17, 15) is 4.79 Å². The van der Waals surface area contributed by atoms with Crippen LogP contribution in [0.15, 0.2) is 18.2 Å². The zero-order valence-corrected chi connectivity index (χ0v) is 9.93. The van der Waals surface area contributed by atoms with Gasteiger partial charge in [0.25, 0.3) is 0 Å². The molecule has 0 fully saturated rings. The van der Waals surface area contributed by atoms with Crippen molar-refractivity contribution < 1.29 is 9.53 Å². The lowest BCUT2D eigenvalue weighted by molar-refractivity contribution is 0.0987. The molecule has 0 aliphatic carbocycles. The number of rotatable bonds is 4. The highest BCUT2D eigenvalue weighted by Crippen LogP contribution is 2.24. The summed E-state index contributed by atoms with van der Waals surface area (Å²) in [7, 11) is 1.59. The van der Waals surface area contributed by atoms with Crippen LogP contribution in [0.3, 0.4) is 0 Å². The molecule has 0 spiro atoms. The van der Waals surface area contributed by atoms with Crippen LogP contribution in [0.1, 0.15) is 22.3 Å². The first-order chi connectivity index (χ1) is 6.70. The van der Waals surface area contributed by atoms with Crippen molar-refractivity contribution in [2.75, 3.05) is 12.4 Å². The summed E-state index contributed by atoms with van der Waals surface area (Å²) >= 11 is 3.25. The first kappa shape index (κ1) is 11.2. The molecule has 14 heavy (non-hydrogen) atoms. The highest BCUT2D eigenvalue weighted by atomic mass is 79.9. The number of halogens is 1. The number of alkyl halides is 1. The van der Waals surface area contributed by atoms with Crippen molar-refractivity contribution in [2.24, 2.45) is 0 Å². The number of para-hydroxylation sites is 1. The molecule has 0 atom stereocenters. The Hall–Kier alpha value is -0.830. The number of carbonyl (C=O) groups is 1. The molecule has 1 aromatic carbocycles. The number of ketones is 1. The fraction of sp³-hybridized carbons (Fsp3) is 0.364. The first-order valence-corrected chi connectivity index (χ1v) is 5.55. The molecule has 1 rings (SSSR count). The van der Waals surface area contributed by atoms with Gasteiger partial charge >= 0.3 is 0 Å². The van der Waals surface area contributed by atoms with Gasteiger partial charge in [0.1, 0.15) is 5.75 Å².